The minimum absolute atomic E-state index is 0.637. The average molecular weight is 251 g/mol. The largest absolute Gasteiger partial charge is 0.460 e. The molecule has 0 N–H and O–H groups in total. The fraction of sp³-hybridized carbons (Fsp3) is 0.125. The fourth-order valence-corrected chi connectivity index (χ4v) is 2.16. The predicted octanol–water partition coefficient (Wildman–Crippen LogP) is 3.92. The highest BCUT2D eigenvalue weighted by atomic mass is 16.3. The van der Waals surface area contributed by atoms with Crippen LogP contribution in [0.4, 0.5) is 0 Å². The van der Waals surface area contributed by atoms with E-state index in [1.165, 1.54) is 0 Å². The summed E-state index contributed by atoms with van der Waals surface area (Å²) in [6.07, 6.45) is 0.864. The molecule has 3 heteroatoms. The summed E-state index contributed by atoms with van der Waals surface area (Å²) >= 11 is 0. The van der Waals surface area contributed by atoms with Gasteiger partial charge in [0.05, 0.1) is 5.52 Å². The van der Waals surface area contributed by atoms with Gasteiger partial charge in [-0.05, 0) is 44.2 Å². The van der Waals surface area contributed by atoms with Gasteiger partial charge in [0.2, 0.25) is 0 Å². The zero-order valence-electron chi connectivity index (χ0n) is 10.8. The SMILES string of the molecule is Cc1ccc2nc(-c3ccc(C)o3)cc(C=O)c2c1. The molecular formula is C16H13NO2. The van der Waals surface area contributed by atoms with Crippen molar-refractivity contribution >= 4 is 17.2 Å². The molecule has 1 aromatic carbocycles. The number of fused-ring (bicyclic) bond motifs is 1. The Morgan fingerprint density at radius 1 is 1.11 bits per heavy atom. The molecule has 0 radical (unpaired) electrons. The topological polar surface area (TPSA) is 43.1 Å². The summed E-state index contributed by atoms with van der Waals surface area (Å²) < 4.78 is 5.56. The monoisotopic (exact) mass is 251 g/mol. The predicted molar refractivity (Wildman–Crippen MR) is 74.3 cm³/mol. The maximum absolute atomic E-state index is 11.3. The van der Waals surface area contributed by atoms with Crippen molar-refractivity contribution in [1.29, 1.82) is 0 Å². The maximum Gasteiger partial charge on any atom is 0.152 e. The summed E-state index contributed by atoms with van der Waals surface area (Å²) in [7, 11) is 0. The number of carbonyl (C=O) groups is 1. The zero-order valence-corrected chi connectivity index (χ0v) is 10.8. The lowest BCUT2D eigenvalue weighted by atomic mass is 10.1. The number of hydrogen-bond donors (Lipinski definition) is 0. The minimum atomic E-state index is 0.637. The highest BCUT2D eigenvalue weighted by Gasteiger charge is 2.09. The summed E-state index contributed by atoms with van der Waals surface area (Å²) in [4.78, 5) is 15.8. The van der Waals surface area contributed by atoms with E-state index >= 15 is 0 Å². The Hall–Kier alpha value is -2.42. The molecule has 2 heterocycles. The molecule has 3 aromatic rings. The van der Waals surface area contributed by atoms with E-state index in [-0.39, 0.29) is 0 Å². The van der Waals surface area contributed by atoms with Gasteiger partial charge in [0.1, 0.15) is 11.5 Å². The quantitative estimate of drug-likeness (QED) is 0.648. The number of nitrogens with zero attached hydrogens (tertiary/aromatic N) is 1. The minimum Gasteiger partial charge on any atom is -0.460 e. The van der Waals surface area contributed by atoms with Crippen molar-refractivity contribution < 1.29 is 9.21 Å². The summed E-state index contributed by atoms with van der Waals surface area (Å²) in [5, 5.41) is 0.877. The van der Waals surface area contributed by atoms with Crippen LogP contribution in [0.5, 0.6) is 0 Å². The Morgan fingerprint density at radius 2 is 1.95 bits per heavy atom. The molecule has 2 aromatic heterocycles. The summed E-state index contributed by atoms with van der Waals surface area (Å²) in [6.45, 7) is 3.88. The van der Waals surface area contributed by atoms with Gasteiger partial charge in [0.15, 0.2) is 12.0 Å². The molecule has 0 aliphatic rings. The standard InChI is InChI=1S/C16H13NO2/c1-10-3-5-14-13(7-10)12(9-18)8-15(17-14)16-6-4-11(2)19-16/h3-9H,1-2H3. The maximum atomic E-state index is 11.3. The van der Waals surface area contributed by atoms with E-state index in [0.29, 0.717) is 17.0 Å². The number of benzene rings is 1. The number of aldehydes is 1. The van der Waals surface area contributed by atoms with Gasteiger partial charge in [-0.3, -0.25) is 4.79 Å². The Kier molecular flexibility index (Phi) is 2.67. The van der Waals surface area contributed by atoms with Crippen LogP contribution in [0.1, 0.15) is 21.7 Å². The third kappa shape index (κ3) is 2.03. The molecule has 0 aliphatic heterocycles. The van der Waals surface area contributed by atoms with Crippen molar-refractivity contribution in [1.82, 2.24) is 4.98 Å². The van der Waals surface area contributed by atoms with E-state index in [2.05, 4.69) is 4.98 Å². The zero-order chi connectivity index (χ0) is 13.4. The molecule has 0 atom stereocenters. The van der Waals surface area contributed by atoms with Crippen LogP contribution in [0, 0.1) is 13.8 Å². The van der Waals surface area contributed by atoms with E-state index in [1.54, 1.807) is 6.07 Å². The number of hydrogen-bond acceptors (Lipinski definition) is 3. The Labute approximate surface area is 110 Å². The molecule has 0 aliphatic carbocycles. The first-order valence-corrected chi connectivity index (χ1v) is 6.11. The molecule has 19 heavy (non-hydrogen) atoms. The van der Waals surface area contributed by atoms with Gasteiger partial charge in [-0.2, -0.15) is 0 Å². The average Bonchev–Trinajstić information content (AvgIpc) is 2.84. The van der Waals surface area contributed by atoms with Gasteiger partial charge in [-0.25, -0.2) is 4.98 Å². The van der Waals surface area contributed by atoms with Crippen LogP contribution in [0.3, 0.4) is 0 Å². The van der Waals surface area contributed by atoms with Gasteiger partial charge in [-0.1, -0.05) is 11.6 Å². The van der Waals surface area contributed by atoms with Gasteiger partial charge >= 0.3 is 0 Å². The number of furan rings is 1. The number of pyridine rings is 1. The first-order chi connectivity index (χ1) is 9.17. The molecule has 94 valence electrons. The van der Waals surface area contributed by atoms with Crippen molar-refractivity contribution in [2.75, 3.05) is 0 Å². The molecule has 3 nitrogen and oxygen atoms in total. The van der Waals surface area contributed by atoms with Crippen LogP contribution < -0.4 is 0 Å². The van der Waals surface area contributed by atoms with Crippen LogP contribution in [-0.4, -0.2) is 11.3 Å². The van der Waals surface area contributed by atoms with Crippen LogP contribution in [-0.2, 0) is 0 Å². The molecule has 0 unspecified atom stereocenters. The molecule has 3 rings (SSSR count). The molecule has 0 amide bonds. The summed E-state index contributed by atoms with van der Waals surface area (Å²) in [6, 6.07) is 11.4. The lowest BCUT2D eigenvalue weighted by Gasteiger charge is -2.05. The smallest absolute Gasteiger partial charge is 0.152 e. The van der Waals surface area contributed by atoms with E-state index in [4.69, 9.17) is 4.42 Å². The van der Waals surface area contributed by atoms with Crippen LogP contribution in [0.15, 0.2) is 40.8 Å². The molecule has 0 spiro atoms. The van der Waals surface area contributed by atoms with Crippen molar-refractivity contribution in [2.45, 2.75) is 13.8 Å². The molecule has 0 bridgehead atoms. The number of aromatic nitrogens is 1. The van der Waals surface area contributed by atoms with Crippen LogP contribution >= 0.6 is 0 Å². The normalized spacial score (nSPS) is 10.8. The number of rotatable bonds is 2. The first kappa shape index (κ1) is 11.7. The van der Waals surface area contributed by atoms with Gasteiger partial charge < -0.3 is 4.42 Å². The molecular weight excluding hydrogens is 238 g/mol. The molecule has 0 saturated carbocycles. The third-order valence-electron chi connectivity index (χ3n) is 3.12. The Morgan fingerprint density at radius 3 is 2.63 bits per heavy atom. The Bertz CT molecular complexity index is 772. The second-order valence-electron chi connectivity index (χ2n) is 4.65. The van der Waals surface area contributed by atoms with E-state index in [9.17, 15) is 4.79 Å². The highest BCUT2D eigenvalue weighted by Crippen LogP contribution is 2.26. The highest BCUT2D eigenvalue weighted by molar-refractivity contribution is 5.98. The third-order valence-corrected chi connectivity index (χ3v) is 3.12. The number of carbonyl (C=O) groups excluding carboxylic acids is 1. The van der Waals surface area contributed by atoms with E-state index < -0.39 is 0 Å². The summed E-state index contributed by atoms with van der Waals surface area (Å²) in [5.74, 6) is 1.51. The van der Waals surface area contributed by atoms with Gasteiger partial charge in [0.25, 0.3) is 0 Å². The van der Waals surface area contributed by atoms with Crippen molar-refractivity contribution in [2.24, 2.45) is 0 Å². The van der Waals surface area contributed by atoms with E-state index in [1.807, 2.05) is 44.2 Å². The summed E-state index contributed by atoms with van der Waals surface area (Å²) in [5.41, 5.74) is 3.24. The van der Waals surface area contributed by atoms with Crippen molar-refractivity contribution in [3.63, 3.8) is 0 Å². The van der Waals surface area contributed by atoms with Gasteiger partial charge in [-0.15, -0.1) is 0 Å². The lowest BCUT2D eigenvalue weighted by molar-refractivity contribution is 0.112. The molecule has 0 saturated heterocycles. The van der Waals surface area contributed by atoms with Crippen molar-refractivity contribution in [3.8, 4) is 11.5 Å². The van der Waals surface area contributed by atoms with Crippen LogP contribution in [0.2, 0.25) is 0 Å². The second-order valence-corrected chi connectivity index (χ2v) is 4.65. The second kappa shape index (κ2) is 4.35. The lowest BCUT2D eigenvalue weighted by Crippen LogP contribution is -1.91. The van der Waals surface area contributed by atoms with Crippen LogP contribution in [0.25, 0.3) is 22.4 Å². The molecule has 0 fully saturated rings. The first-order valence-electron chi connectivity index (χ1n) is 6.11. The van der Waals surface area contributed by atoms with Gasteiger partial charge in [0, 0.05) is 10.9 Å². The Balaban J connectivity index is 2.28. The van der Waals surface area contributed by atoms with Crippen molar-refractivity contribution in [3.05, 3.63) is 53.3 Å². The fourth-order valence-electron chi connectivity index (χ4n) is 2.16. The number of aryl methyl sites for hydroxylation is 2. The van der Waals surface area contributed by atoms with E-state index in [0.717, 1.165) is 28.5 Å².